The van der Waals surface area contributed by atoms with Gasteiger partial charge < -0.3 is 5.32 Å². The minimum absolute atomic E-state index is 0.129. The van der Waals surface area contributed by atoms with Gasteiger partial charge in [0.2, 0.25) is 15.9 Å². The lowest BCUT2D eigenvalue weighted by Gasteiger charge is -2.30. The molecule has 0 aliphatic carbocycles. The first kappa shape index (κ1) is 21.5. The Bertz CT molecular complexity index is 938. The summed E-state index contributed by atoms with van der Waals surface area (Å²) in [6.07, 6.45) is 3.09. The average molecular weight is 431 g/mol. The Kier molecular flexibility index (Phi) is 7.13. The van der Waals surface area contributed by atoms with Crippen molar-refractivity contribution in [3.05, 3.63) is 53.3 Å². The SMILES string of the molecule is CC[C@@H](C(=O)Nc1ccccc1SC)N(c1ccc(F)c(Cl)c1)S(C)(=O)=O. The number of nitrogens with one attached hydrogen (secondary N) is 1. The zero-order chi connectivity index (χ0) is 20.2. The fourth-order valence-electron chi connectivity index (χ4n) is 2.65. The molecular weight excluding hydrogens is 411 g/mol. The van der Waals surface area contributed by atoms with Crippen molar-refractivity contribution in [2.24, 2.45) is 0 Å². The van der Waals surface area contributed by atoms with Crippen LogP contribution in [0.4, 0.5) is 15.8 Å². The minimum atomic E-state index is -3.83. The van der Waals surface area contributed by atoms with E-state index in [1.54, 1.807) is 19.1 Å². The molecule has 5 nitrogen and oxygen atoms in total. The summed E-state index contributed by atoms with van der Waals surface area (Å²) in [7, 11) is -3.83. The lowest BCUT2D eigenvalue weighted by molar-refractivity contribution is -0.117. The molecule has 0 spiro atoms. The standard InChI is InChI=1S/C18H20ClFN2O3S2/c1-4-16(18(23)21-15-7-5-6-8-17(15)26-2)22(27(3,24)25)12-9-10-14(20)13(19)11-12/h5-11,16H,4H2,1-3H3,(H,21,23)/t16-/m0/s1. The summed E-state index contributed by atoms with van der Waals surface area (Å²) in [6, 6.07) is 9.77. The van der Waals surface area contributed by atoms with Crippen LogP contribution in [-0.4, -0.2) is 32.9 Å². The van der Waals surface area contributed by atoms with Crippen LogP contribution in [0.25, 0.3) is 0 Å². The van der Waals surface area contributed by atoms with Crippen LogP contribution in [0.15, 0.2) is 47.4 Å². The lowest BCUT2D eigenvalue weighted by Crippen LogP contribution is -2.47. The van der Waals surface area contributed by atoms with Crippen molar-refractivity contribution in [3.8, 4) is 0 Å². The Hall–Kier alpha value is -1.77. The van der Waals surface area contributed by atoms with E-state index in [4.69, 9.17) is 11.6 Å². The second-order valence-electron chi connectivity index (χ2n) is 5.77. The first-order chi connectivity index (χ1) is 12.7. The van der Waals surface area contributed by atoms with E-state index >= 15 is 0 Å². The summed E-state index contributed by atoms with van der Waals surface area (Å²) < 4.78 is 39.3. The van der Waals surface area contributed by atoms with Crippen molar-refractivity contribution in [1.82, 2.24) is 0 Å². The molecule has 0 saturated carbocycles. The van der Waals surface area contributed by atoms with Crippen molar-refractivity contribution in [1.29, 1.82) is 0 Å². The normalized spacial score (nSPS) is 12.5. The lowest BCUT2D eigenvalue weighted by atomic mass is 10.1. The van der Waals surface area contributed by atoms with Gasteiger partial charge in [0.05, 0.1) is 22.7 Å². The number of hydrogen-bond donors (Lipinski definition) is 1. The maximum Gasteiger partial charge on any atom is 0.248 e. The molecule has 0 aliphatic rings. The maximum absolute atomic E-state index is 13.5. The summed E-state index contributed by atoms with van der Waals surface area (Å²) in [5, 5.41) is 2.57. The molecule has 1 N–H and O–H groups in total. The number of carbonyl (C=O) groups is 1. The molecule has 0 bridgehead atoms. The fraction of sp³-hybridized carbons (Fsp3) is 0.278. The van der Waals surface area contributed by atoms with Gasteiger partial charge >= 0.3 is 0 Å². The Morgan fingerprint density at radius 2 is 1.96 bits per heavy atom. The molecule has 146 valence electrons. The molecule has 2 rings (SSSR count). The van der Waals surface area contributed by atoms with Crippen molar-refractivity contribution in [3.63, 3.8) is 0 Å². The van der Waals surface area contributed by atoms with Gasteiger partial charge in [-0.2, -0.15) is 0 Å². The Morgan fingerprint density at radius 1 is 1.30 bits per heavy atom. The third-order valence-corrected chi connectivity index (χ3v) is 6.12. The third kappa shape index (κ3) is 5.15. The zero-order valence-corrected chi connectivity index (χ0v) is 17.5. The number of rotatable bonds is 7. The number of sulfonamides is 1. The second-order valence-corrected chi connectivity index (χ2v) is 8.89. The Balaban J connectivity index is 2.43. The summed E-state index contributed by atoms with van der Waals surface area (Å²) in [5.41, 5.74) is 0.725. The third-order valence-electron chi connectivity index (χ3n) is 3.85. The smallest absolute Gasteiger partial charge is 0.248 e. The molecular formula is C18H20ClFN2O3S2. The van der Waals surface area contributed by atoms with E-state index in [2.05, 4.69) is 5.32 Å². The van der Waals surface area contributed by atoms with E-state index in [0.717, 1.165) is 21.5 Å². The molecule has 2 aromatic carbocycles. The van der Waals surface area contributed by atoms with Gasteiger partial charge in [-0.1, -0.05) is 30.7 Å². The van der Waals surface area contributed by atoms with E-state index in [9.17, 15) is 17.6 Å². The van der Waals surface area contributed by atoms with Crippen LogP contribution in [0.3, 0.4) is 0 Å². The molecule has 0 radical (unpaired) electrons. The molecule has 1 amide bonds. The molecule has 0 heterocycles. The quantitative estimate of drug-likeness (QED) is 0.662. The highest BCUT2D eigenvalue weighted by Crippen LogP contribution is 2.29. The van der Waals surface area contributed by atoms with Crippen molar-refractivity contribution < 1.29 is 17.6 Å². The van der Waals surface area contributed by atoms with Gasteiger partial charge in [0, 0.05) is 4.90 Å². The molecule has 0 unspecified atom stereocenters. The van der Waals surface area contributed by atoms with Gasteiger partial charge in [0.15, 0.2) is 0 Å². The topological polar surface area (TPSA) is 66.5 Å². The van der Waals surface area contributed by atoms with Crippen LogP contribution in [-0.2, 0) is 14.8 Å². The number of hydrogen-bond acceptors (Lipinski definition) is 4. The van der Waals surface area contributed by atoms with Gasteiger partial charge in [-0.15, -0.1) is 11.8 Å². The van der Waals surface area contributed by atoms with Crippen molar-refractivity contribution in [2.45, 2.75) is 24.3 Å². The van der Waals surface area contributed by atoms with Crippen LogP contribution >= 0.6 is 23.4 Å². The predicted octanol–water partition coefficient (Wildman–Crippen LogP) is 4.38. The number of nitrogens with zero attached hydrogens (tertiary/aromatic N) is 1. The monoisotopic (exact) mass is 430 g/mol. The Labute approximate surface area is 168 Å². The number of amides is 1. The first-order valence-corrected chi connectivity index (χ1v) is 11.5. The predicted molar refractivity (Wildman–Crippen MR) is 110 cm³/mol. The zero-order valence-electron chi connectivity index (χ0n) is 15.1. The van der Waals surface area contributed by atoms with Crippen molar-refractivity contribution >= 4 is 50.7 Å². The van der Waals surface area contributed by atoms with Crippen molar-refractivity contribution in [2.75, 3.05) is 22.1 Å². The number of halogens is 2. The summed E-state index contributed by atoms with van der Waals surface area (Å²) in [6.45, 7) is 1.70. The number of carbonyl (C=O) groups excluding carboxylic acids is 1. The first-order valence-electron chi connectivity index (χ1n) is 8.07. The van der Waals surface area contributed by atoms with Crippen LogP contribution in [0.1, 0.15) is 13.3 Å². The van der Waals surface area contributed by atoms with E-state index in [-0.39, 0.29) is 17.1 Å². The van der Waals surface area contributed by atoms with Gasteiger partial charge in [0.25, 0.3) is 0 Å². The summed E-state index contributed by atoms with van der Waals surface area (Å²) >= 11 is 7.27. The summed E-state index contributed by atoms with van der Waals surface area (Å²) in [4.78, 5) is 13.7. The summed E-state index contributed by atoms with van der Waals surface area (Å²) in [5.74, 6) is -1.15. The highest BCUT2D eigenvalue weighted by Gasteiger charge is 2.32. The van der Waals surface area contributed by atoms with Crippen LogP contribution in [0.5, 0.6) is 0 Å². The number of anilines is 2. The molecule has 9 heteroatoms. The fourth-order valence-corrected chi connectivity index (χ4v) is 4.58. The van der Waals surface area contributed by atoms with Crippen LogP contribution in [0.2, 0.25) is 5.02 Å². The van der Waals surface area contributed by atoms with Gasteiger partial charge in [0.1, 0.15) is 11.9 Å². The maximum atomic E-state index is 13.5. The largest absolute Gasteiger partial charge is 0.323 e. The second kappa shape index (κ2) is 8.95. The minimum Gasteiger partial charge on any atom is -0.323 e. The van der Waals surface area contributed by atoms with Gasteiger partial charge in [-0.3, -0.25) is 9.10 Å². The van der Waals surface area contributed by atoms with E-state index < -0.39 is 27.8 Å². The van der Waals surface area contributed by atoms with Crippen LogP contribution in [0, 0.1) is 5.82 Å². The average Bonchev–Trinajstić information content (AvgIpc) is 2.61. The molecule has 1 atom stereocenters. The highest BCUT2D eigenvalue weighted by atomic mass is 35.5. The van der Waals surface area contributed by atoms with E-state index in [0.29, 0.717) is 5.69 Å². The number of benzene rings is 2. The van der Waals surface area contributed by atoms with Gasteiger partial charge in [-0.25, -0.2) is 12.8 Å². The van der Waals surface area contributed by atoms with E-state index in [1.807, 2.05) is 18.4 Å². The number of para-hydroxylation sites is 1. The Morgan fingerprint density at radius 3 is 2.52 bits per heavy atom. The number of thioether (sulfide) groups is 1. The molecule has 0 aliphatic heterocycles. The molecule has 2 aromatic rings. The molecule has 0 aromatic heterocycles. The molecule has 0 fully saturated rings. The highest BCUT2D eigenvalue weighted by molar-refractivity contribution is 7.98. The van der Waals surface area contributed by atoms with Gasteiger partial charge in [-0.05, 0) is 43.0 Å². The molecule has 27 heavy (non-hydrogen) atoms. The van der Waals surface area contributed by atoms with E-state index in [1.165, 1.54) is 23.9 Å². The van der Waals surface area contributed by atoms with Crippen LogP contribution < -0.4 is 9.62 Å². The molecule has 0 saturated heterocycles.